The Morgan fingerprint density at radius 3 is 1.73 bits per heavy atom. The molecule has 0 aliphatic carbocycles. The fraction of sp³-hybridized carbons (Fsp3) is 0.0909. The van der Waals surface area contributed by atoms with Gasteiger partial charge in [-0.05, 0) is 24.3 Å². The zero-order chi connectivity index (χ0) is 21.7. The van der Waals surface area contributed by atoms with Crippen molar-refractivity contribution >= 4 is 23.2 Å². The summed E-state index contributed by atoms with van der Waals surface area (Å²) in [5.74, 6) is -2.99. The molecule has 154 valence electrons. The number of carbonyl (C=O) groups is 2. The van der Waals surface area contributed by atoms with E-state index in [1.54, 1.807) is 30.3 Å². The maximum absolute atomic E-state index is 13.9. The maximum Gasteiger partial charge on any atom is 0.261 e. The van der Waals surface area contributed by atoms with Gasteiger partial charge < -0.3 is 20.1 Å². The molecular weight excluding hydrogens is 394 g/mol. The first-order valence-corrected chi connectivity index (χ1v) is 8.82. The number of methoxy groups -OCH3 is 2. The zero-order valence-electron chi connectivity index (χ0n) is 16.2. The summed E-state index contributed by atoms with van der Waals surface area (Å²) in [5, 5.41) is 5.12. The Labute approximate surface area is 171 Å². The lowest BCUT2D eigenvalue weighted by Gasteiger charge is -2.16. The minimum Gasteiger partial charge on any atom is -0.494 e. The second-order valence-corrected chi connectivity index (χ2v) is 6.12. The molecule has 8 heteroatoms. The molecule has 0 saturated heterocycles. The van der Waals surface area contributed by atoms with Crippen LogP contribution in [0.2, 0.25) is 0 Å². The number of ether oxygens (including phenoxy) is 2. The SMILES string of the molecule is COc1cc(NC(=O)c2c(F)cccc2F)c(OC)cc1NC(=O)c1ccccc1. The molecule has 0 aliphatic rings. The molecule has 0 unspecified atom stereocenters. The number of carbonyl (C=O) groups excluding carboxylic acids is 2. The fourth-order valence-electron chi connectivity index (χ4n) is 2.78. The van der Waals surface area contributed by atoms with Gasteiger partial charge in [-0.3, -0.25) is 9.59 Å². The summed E-state index contributed by atoms with van der Waals surface area (Å²) in [6.07, 6.45) is 0. The van der Waals surface area contributed by atoms with Crippen molar-refractivity contribution in [2.45, 2.75) is 0 Å². The van der Waals surface area contributed by atoms with E-state index >= 15 is 0 Å². The third-order valence-electron chi connectivity index (χ3n) is 4.24. The van der Waals surface area contributed by atoms with Gasteiger partial charge in [-0.1, -0.05) is 24.3 Å². The largest absolute Gasteiger partial charge is 0.494 e. The molecule has 30 heavy (non-hydrogen) atoms. The van der Waals surface area contributed by atoms with Gasteiger partial charge in [-0.15, -0.1) is 0 Å². The topological polar surface area (TPSA) is 76.7 Å². The van der Waals surface area contributed by atoms with Gasteiger partial charge in [-0.25, -0.2) is 8.78 Å². The van der Waals surface area contributed by atoms with E-state index in [1.165, 1.54) is 26.4 Å². The summed E-state index contributed by atoms with van der Waals surface area (Å²) < 4.78 is 38.3. The average molecular weight is 412 g/mol. The van der Waals surface area contributed by atoms with Crippen LogP contribution in [0.5, 0.6) is 11.5 Å². The summed E-state index contributed by atoms with van der Waals surface area (Å²) in [5.41, 5.74) is 0.115. The number of hydrogen-bond acceptors (Lipinski definition) is 4. The van der Waals surface area contributed by atoms with Crippen LogP contribution in [-0.4, -0.2) is 26.0 Å². The summed E-state index contributed by atoms with van der Waals surface area (Å²) >= 11 is 0. The van der Waals surface area contributed by atoms with Crippen molar-refractivity contribution in [2.24, 2.45) is 0 Å². The normalized spacial score (nSPS) is 10.3. The second-order valence-electron chi connectivity index (χ2n) is 6.12. The average Bonchev–Trinajstić information content (AvgIpc) is 2.74. The summed E-state index contributed by atoms with van der Waals surface area (Å²) in [7, 11) is 2.73. The Kier molecular flexibility index (Phi) is 6.26. The van der Waals surface area contributed by atoms with E-state index < -0.39 is 23.1 Å². The Bertz CT molecular complexity index is 1070. The van der Waals surface area contributed by atoms with Gasteiger partial charge >= 0.3 is 0 Å². The van der Waals surface area contributed by atoms with Crippen molar-refractivity contribution in [1.29, 1.82) is 0 Å². The Hall–Kier alpha value is -3.94. The predicted octanol–water partition coefficient (Wildman–Crippen LogP) is 4.49. The Morgan fingerprint density at radius 2 is 1.23 bits per heavy atom. The number of anilines is 2. The highest BCUT2D eigenvalue weighted by atomic mass is 19.1. The van der Waals surface area contributed by atoms with Gasteiger partial charge in [0.15, 0.2) is 0 Å². The molecule has 3 aromatic rings. The first kappa shape index (κ1) is 20.8. The molecule has 6 nitrogen and oxygen atoms in total. The van der Waals surface area contributed by atoms with Gasteiger partial charge in [0.05, 0.1) is 25.6 Å². The van der Waals surface area contributed by atoms with E-state index in [9.17, 15) is 18.4 Å². The molecule has 0 bridgehead atoms. The fourth-order valence-corrected chi connectivity index (χ4v) is 2.78. The molecule has 2 amide bonds. The molecule has 2 N–H and O–H groups in total. The quantitative estimate of drug-likeness (QED) is 0.626. The monoisotopic (exact) mass is 412 g/mol. The van der Waals surface area contributed by atoms with E-state index in [2.05, 4.69) is 10.6 Å². The smallest absolute Gasteiger partial charge is 0.261 e. The molecule has 3 aromatic carbocycles. The summed E-state index contributed by atoms with van der Waals surface area (Å²) in [6.45, 7) is 0. The summed E-state index contributed by atoms with van der Waals surface area (Å²) in [6, 6.07) is 14.5. The predicted molar refractivity (Wildman–Crippen MR) is 108 cm³/mol. The molecule has 0 heterocycles. The van der Waals surface area contributed by atoms with E-state index in [4.69, 9.17) is 9.47 Å². The van der Waals surface area contributed by atoms with Crippen LogP contribution < -0.4 is 20.1 Å². The van der Waals surface area contributed by atoms with E-state index in [-0.39, 0.29) is 23.1 Å². The highest BCUT2D eigenvalue weighted by Gasteiger charge is 2.20. The lowest BCUT2D eigenvalue weighted by molar-refractivity contribution is 0.101. The van der Waals surface area contributed by atoms with Gasteiger partial charge in [0.1, 0.15) is 28.7 Å². The molecule has 0 radical (unpaired) electrons. The van der Waals surface area contributed by atoms with E-state index in [1.807, 2.05) is 0 Å². The maximum atomic E-state index is 13.9. The van der Waals surface area contributed by atoms with Crippen LogP contribution in [0.15, 0.2) is 60.7 Å². The molecule has 0 fully saturated rings. The highest BCUT2D eigenvalue weighted by Crippen LogP contribution is 2.37. The van der Waals surface area contributed by atoms with Gasteiger partial charge in [-0.2, -0.15) is 0 Å². The van der Waals surface area contributed by atoms with Crippen LogP contribution in [0.1, 0.15) is 20.7 Å². The van der Waals surface area contributed by atoms with Crippen LogP contribution in [0.25, 0.3) is 0 Å². The van der Waals surface area contributed by atoms with Gasteiger partial charge in [0, 0.05) is 17.7 Å². The van der Waals surface area contributed by atoms with Gasteiger partial charge in [0.2, 0.25) is 0 Å². The third-order valence-corrected chi connectivity index (χ3v) is 4.24. The Balaban J connectivity index is 1.91. The van der Waals surface area contributed by atoms with Crippen LogP contribution >= 0.6 is 0 Å². The van der Waals surface area contributed by atoms with Gasteiger partial charge in [0.25, 0.3) is 11.8 Å². The molecule has 0 atom stereocenters. The number of amides is 2. The molecule has 0 spiro atoms. The zero-order valence-corrected chi connectivity index (χ0v) is 16.2. The molecular formula is C22H18F2N2O4. The number of nitrogens with one attached hydrogen (secondary N) is 2. The second kappa shape index (κ2) is 9.04. The first-order chi connectivity index (χ1) is 14.4. The Morgan fingerprint density at radius 1 is 0.733 bits per heavy atom. The molecule has 0 aromatic heterocycles. The number of rotatable bonds is 6. The number of hydrogen-bond donors (Lipinski definition) is 2. The molecule has 3 rings (SSSR count). The van der Waals surface area contributed by atoms with Crippen LogP contribution in [-0.2, 0) is 0 Å². The molecule has 0 saturated carbocycles. The van der Waals surface area contributed by atoms with Crippen LogP contribution in [0.3, 0.4) is 0 Å². The van der Waals surface area contributed by atoms with Crippen molar-refractivity contribution in [3.05, 3.63) is 83.4 Å². The van der Waals surface area contributed by atoms with E-state index in [0.717, 1.165) is 18.2 Å². The number of halogens is 2. The van der Waals surface area contributed by atoms with Crippen molar-refractivity contribution in [2.75, 3.05) is 24.9 Å². The van der Waals surface area contributed by atoms with Crippen molar-refractivity contribution < 1.29 is 27.8 Å². The lowest BCUT2D eigenvalue weighted by atomic mass is 10.1. The van der Waals surface area contributed by atoms with Crippen molar-refractivity contribution in [3.63, 3.8) is 0 Å². The lowest BCUT2D eigenvalue weighted by Crippen LogP contribution is -2.17. The van der Waals surface area contributed by atoms with Crippen LogP contribution in [0, 0.1) is 11.6 Å². The van der Waals surface area contributed by atoms with Crippen LogP contribution in [0.4, 0.5) is 20.2 Å². The summed E-state index contributed by atoms with van der Waals surface area (Å²) in [4.78, 5) is 24.9. The number of benzene rings is 3. The molecule has 0 aliphatic heterocycles. The van der Waals surface area contributed by atoms with Crippen molar-refractivity contribution in [3.8, 4) is 11.5 Å². The van der Waals surface area contributed by atoms with Crippen molar-refractivity contribution in [1.82, 2.24) is 0 Å². The minimum atomic E-state index is -0.995. The third kappa shape index (κ3) is 4.38. The highest BCUT2D eigenvalue weighted by molar-refractivity contribution is 6.07. The van der Waals surface area contributed by atoms with E-state index in [0.29, 0.717) is 11.3 Å². The minimum absolute atomic E-state index is 0.111. The standard InChI is InChI=1S/C22H18F2N2O4/c1-29-18-12-17(26-22(28)20-14(23)9-6-10-15(20)24)19(30-2)11-16(18)25-21(27)13-7-4-3-5-8-13/h3-12H,1-2H3,(H,25,27)(H,26,28). The first-order valence-electron chi connectivity index (χ1n) is 8.82.